The topological polar surface area (TPSA) is 42.0 Å². The normalized spacial score (nSPS) is 16.0. The fourth-order valence-electron chi connectivity index (χ4n) is 2.82. The van der Waals surface area contributed by atoms with Gasteiger partial charge in [-0.1, -0.05) is 36.2 Å². The molecule has 1 aromatic carbocycles. The van der Waals surface area contributed by atoms with Crippen LogP contribution in [-0.2, 0) is 16.8 Å². The highest BCUT2D eigenvalue weighted by Crippen LogP contribution is 2.44. The summed E-state index contributed by atoms with van der Waals surface area (Å²) >= 11 is 6.07. The van der Waals surface area contributed by atoms with Gasteiger partial charge in [-0.3, -0.25) is 9.78 Å². The van der Waals surface area contributed by atoms with Crippen molar-refractivity contribution in [3.8, 4) is 0 Å². The SMILES string of the molecule is O=C(NCc1cccnc1)C1(c2cccc(Cl)c2)CCC1. The molecule has 2 aromatic rings. The highest BCUT2D eigenvalue weighted by atomic mass is 35.5. The lowest BCUT2D eigenvalue weighted by Crippen LogP contribution is -2.49. The minimum atomic E-state index is -0.410. The highest BCUT2D eigenvalue weighted by Gasteiger charge is 2.45. The van der Waals surface area contributed by atoms with Crippen LogP contribution < -0.4 is 5.32 Å². The Bertz CT molecular complexity index is 638. The summed E-state index contributed by atoms with van der Waals surface area (Å²) in [6, 6.07) is 11.5. The summed E-state index contributed by atoms with van der Waals surface area (Å²) in [5.74, 6) is 0.0832. The zero-order chi connectivity index (χ0) is 14.7. The third-order valence-corrected chi connectivity index (χ3v) is 4.43. The van der Waals surface area contributed by atoms with Gasteiger partial charge in [-0.05, 0) is 42.2 Å². The number of nitrogens with one attached hydrogen (secondary N) is 1. The van der Waals surface area contributed by atoms with Gasteiger partial charge in [0.15, 0.2) is 0 Å². The van der Waals surface area contributed by atoms with E-state index in [1.54, 1.807) is 12.4 Å². The third-order valence-electron chi connectivity index (χ3n) is 4.19. The highest BCUT2D eigenvalue weighted by molar-refractivity contribution is 6.30. The fraction of sp³-hybridized carbons (Fsp3) is 0.294. The Labute approximate surface area is 129 Å². The first-order valence-electron chi connectivity index (χ1n) is 7.14. The summed E-state index contributed by atoms with van der Waals surface area (Å²) in [7, 11) is 0. The van der Waals surface area contributed by atoms with Gasteiger partial charge in [0.25, 0.3) is 0 Å². The number of aromatic nitrogens is 1. The predicted molar refractivity (Wildman–Crippen MR) is 83.1 cm³/mol. The van der Waals surface area contributed by atoms with E-state index in [4.69, 9.17) is 11.6 Å². The van der Waals surface area contributed by atoms with Gasteiger partial charge in [0.05, 0.1) is 5.41 Å². The molecule has 1 N–H and O–H groups in total. The van der Waals surface area contributed by atoms with Crippen LogP contribution in [0.25, 0.3) is 0 Å². The van der Waals surface area contributed by atoms with Crippen LogP contribution in [0.3, 0.4) is 0 Å². The van der Waals surface area contributed by atoms with E-state index >= 15 is 0 Å². The Morgan fingerprint density at radius 2 is 2.14 bits per heavy atom. The number of amides is 1. The molecule has 0 spiro atoms. The van der Waals surface area contributed by atoms with E-state index in [1.807, 2.05) is 36.4 Å². The molecular formula is C17H17ClN2O. The molecule has 0 aliphatic heterocycles. The summed E-state index contributed by atoms with van der Waals surface area (Å²) in [5.41, 5.74) is 1.61. The van der Waals surface area contributed by atoms with Crippen molar-refractivity contribution in [2.75, 3.05) is 0 Å². The molecular weight excluding hydrogens is 284 g/mol. The van der Waals surface area contributed by atoms with E-state index in [-0.39, 0.29) is 5.91 Å². The van der Waals surface area contributed by atoms with Gasteiger partial charge in [-0.25, -0.2) is 0 Å². The number of pyridine rings is 1. The first kappa shape index (κ1) is 14.1. The molecule has 4 heteroatoms. The van der Waals surface area contributed by atoms with Gasteiger partial charge < -0.3 is 5.32 Å². The van der Waals surface area contributed by atoms with Crippen molar-refractivity contribution in [3.63, 3.8) is 0 Å². The van der Waals surface area contributed by atoms with Crippen LogP contribution in [0.4, 0.5) is 0 Å². The molecule has 0 saturated heterocycles. The maximum atomic E-state index is 12.7. The van der Waals surface area contributed by atoms with Crippen LogP contribution in [0, 0.1) is 0 Å². The number of carbonyl (C=O) groups is 1. The molecule has 108 valence electrons. The van der Waals surface area contributed by atoms with Crippen LogP contribution in [-0.4, -0.2) is 10.9 Å². The number of hydrogen-bond donors (Lipinski definition) is 1. The van der Waals surface area contributed by atoms with Gasteiger partial charge in [-0.2, -0.15) is 0 Å². The van der Waals surface area contributed by atoms with Crippen molar-refractivity contribution in [3.05, 3.63) is 64.9 Å². The summed E-state index contributed by atoms with van der Waals surface area (Å²) in [6.45, 7) is 0.509. The van der Waals surface area contributed by atoms with Gasteiger partial charge >= 0.3 is 0 Å². The molecule has 1 aromatic heterocycles. The molecule has 1 aliphatic carbocycles. The lowest BCUT2D eigenvalue weighted by atomic mass is 9.64. The van der Waals surface area contributed by atoms with Gasteiger partial charge in [-0.15, -0.1) is 0 Å². The molecule has 1 aliphatic rings. The predicted octanol–water partition coefficient (Wildman–Crippen LogP) is 3.47. The Hall–Kier alpha value is -1.87. The van der Waals surface area contributed by atoms with E-state index < -0.39 is 5.41 Å². The quantitative estimate of drug-likeness (QED) is 0.939. The number of rotatable bonds is 4. The van der Waals surface area contributed by atoms with Crippen molar-refractivity contribution in [2.45, 2.75) is 31.2 Å². The lowest BCUT2D eigenvalue weighted by molar-refractivity contribution is -0.130. The number of benzene rings is 1. The van der Waals surface area contributed by atoms with Crippen LogP contribution in [0.5, 0.6) is 0 Å². The average molecular weight is 301 g/mol. The lowest BCUT2D eigenvalue weighted by Gasteiger charge is -2.40. The molecule has 3 nitrogen and oxygen atoms in total. The van der Waals surface area contributed by atoms with Crippen LogP contribution in [0.15, 0.2) is 48.8 Å². The monoisotopic (exact) mass is 300 g/mol. The molecule has 0 unspecified atom stereocenters. The fourth-order valence-corrected chi connectivity index (χ4v) is 3.01. The number of nitrogens with zero attached hydrogens (tertiary/aromatic N) is 1. The molecule has 3 rings (SSSR count). The number of halogens is 1. The molecule has 0 radical (unpaired) electrons. The third kappa shape index (κ3) is 2.79. The summed E-state index contributed by atoms with van der Waals surface area (Å²) < 4.78 is 0. The minimum Gasteiger partial charge on any atom is -0.351 e. The van der Waals surface area contributed by atoms with E-state index in [0.717, 1.165) is 30.4 Å². The van der Waals surface area contributed by atoms with Crippen molar-refractivity contribution in [1.29, 1.82) is 0 Å². The maximum absolute atomic E-state index is 12.7. The summed E-state index contributed by atoms with van der Waals surface area (Å²) in [6.07, 6.45) is 6.34. The van der Waals surface area contributed by atoms with Crippen molar-refractivity contribution in [1.82, 2.24) is 10.3 Å². The first-order chi connectivity index (χ1) is 10.2. The molecule has 0 bridgehead atoms. The summed E-state index contributed by atoms with van der Waals surface area (Å²) in [5, 5.41) is 3.72. The van der Waals surface area contributed by atoms with Gasteiger partial charge in [0.1, 0.15) is 0 Å². The standard InChI is InChI=1S/C17H17ClN2O/c18-15-6-1-5-14(10-15)17(7-3-8-17)16(21)20-12-13-4-2-9-19-11-13/h1-2,4-6,9-11H,3,7-8,12H2,(H,20,21). The van der Waals surface area contributed by atoms with Crippen molar-refractivity contribution in [2.24, 2.45) is 0 Å². The molecule has 21 heavy (non-hydrogen) atoms. The Morgan fingerprint density at radius 3 is 2.76 bits per heavy atom. The zero-order valence-corrected chi connectivity index (χ0v) is 12.4. The van der Waals surface area contributed by atoms with Crippen molar-refractivity contribution < 1.29 is 4.79 Å². The van der Waals surface area contributed by atoms with E-state index in [2.05, 4.69) is 10.3 Å². The first-order valence-corrected chi connectivity index (χ1v) is 7.52. The van der Waals surface area contributed by atoms with E-state index in [1.165, 1.54) is 0 Å². The van der Waals surface area contributed by atoms with Crippen LogP contribution in [0.2, 0.25) is 5.02 Å². The Morgan fingerprint density at radius 1 is 1.29 bits per heavy atom. The van der Waals surface area contributed by atoms with Crippen molar-refractivity contribution >= 4 is 17.5 Å². The second-order valence-electron chi connectivity index (χ2n) is 5.49. The van der Waals surface area contributed by atoms with Crippen LogP contribution in [0.1, 0.15) is 30.4 Å². The molecule has 1 fully saturated rings. The van der Waals surface area contributed by atoms with Gasteiger partial charge in [0, 0.05) is 24.0 Å². The second-order valence-corrected chi connectivity index (χ2v) is 5.93. The summed E-state index contributed by atoms with van der Waals surface area (Å²) in [4.78, 5) is 16.7. The second kappa shape index (κ2) is 5.86. The Balaban J connectivity index is 1.75. The van der Waals surface area contributed by atoms with Crippen LogP contribution >= 0.6 is 11.6 Å². The van der Waals surface area contributed by atoms with Gasteiger partial charge in [0.2, 0.25) is 5.91 Å². The van der Waals surface area contributed by atoms with E-state index in [0.29, 0.717) is 11.6 Å². The Kier molecular flexibility index (Phi) is 3.93. The number of hydrogen-bond acceptors (Lipinski definition) is 2. The minimum absolute atomic E-state index is 0.0832. The largest absolute Gasteiger partial charge is 0.351 e. The maximum Gasteiger partial charge on any atom is 0.230 e. The molecule has 1 saturated carbocycles. The van der Waals surface area contributed by atoms with E-state index in [9.17, 15) is 4.79 Å². The molecule has 1 heterocycles. The zero-order valence-electron chi connectivity index (χ0n) is 11.7. The molecule has 1 amide bonds. The smallest absolute Gasteiger partial charge is 0.230 e. The average Bonchev–Trinajstić information content (AvgIpc) is 2.45. The molecule has 0 atom stereocenters. The number of carbonyl (C=O) groups excluding carboxylic acids is 1.